The molecule has 0 radical (unpaired) electrons. The molecule has 180 valence electrons. The number of hydrogen-bond acceptors (Lipinski definition) is 6. The van der Waals surface area contributed by atoms with Crippen LogP contribution in [0.3, 0.4) is 0 Å². The van der Waals surface area contributed by atoms with Gasteiger partial charge >= 0.3 is 5.91 Å². The van der Waals surface area contributed by atoms with E-state index < -0.39 is 0 Å². The van der Waals surface area contributed by atoms with Crippen molar-refractivity contribution in [3.05, 3.63) is 50.6 Å². The molecule has 7 nitrogen and oxygen atoms in total. The van der Waals surface area contributed by atoms with Gasteiger partial charge in [0.2, 0.25) is 0 Å². The first kappa shape index (κ1) is 23.5. The first-order valence-electron chi connectivity index (χ1n) is 12.0. The van der Waals surface area contributed by atoms with E-state index >= 15 is 0 Å². The Labute approximate surface area is 209 Å². The van der Waals surface area contributed by atoms with Gasteiger partial charge in [0, 0.05) is 53.5 Å². The molecular formula is C25H30ClN5O2S. The molecule has 2 aliphatic heterocycles. The average molecular weight is 500 g/mol. The van der Waals surface area contributed by atoms with Crippen LogP contribution in [0.5, 0.6) is 0 Å². The van der Waals surface area contributed by atoms with E-state index in [-0.39, 0.29) is 35.2 Å². The third-order valence-corrected chi connectivity index (χ3v) is 8.65. The number of thiazole rings is 1. The number of aromatic nitrogens is 1. The minimum absolute atomic E-state index is 0.0344. The molecule has 9 heteroatoms. The van der Waals surface area contributed by atoms with Crippen molar-refractivity contribution < 1.29 is 9.59 Å². The molecule has 0 aromatic carbocycles. The fourth-order valence-electron chi connectivity index (χ4n) is 5.18. The smallest absolute Gasteiger partial charge is 0.305 e. The van der Waals surface area contributed by atoms with Gasteiger partial charge in [0.05, 0.1) is 16.9 Å². The third-order valence-electron chi connectivity index (χ3n) is 7.32. The van der Waals surface area contributed by atoms with Gasteiger partial charge in [-0.1, -0.05) is 37.1 Å². The van der Waals surface area contributed by atoms with E-state index in [0.717, 1.165) is 51.0 Å². The molecule has 5 rings (SSSR count). The number of fused-ring (bicyclic) bond motifs is 2. The summed E-state index contributed by atoms with van der Waals surface area (Å²) in [4.78, 5) is 38.1. The molecule has 4 aliphatic rings. The number of carbonyl (C=O) groups is 2. The number of likely N-dealkylation sites (N-methyl/N-ethyl adjacent to an activating group) is 1. The summed E-state index contributed by atoms with van der Waals surface area (Å²) in [5.41, 5.74) is 1.26. The normalized spacial score (nSPS) is 30.5. The lowest BCUT2D eigenvalue weighted by atomic mass is 9.85. The monoisotopic (exact) mass is 499 g/mol. The molecule has 3 heterocycles. The maximum Gasteiger partial charge on any atom is 0.305 e. The zero-order valence-electron chi connectivity index (χ0n) is 19.5. The fourth-order valence-corrected chi connectivity index (χ4v) is 6.42. The number of nitrogens with one attached hydrogen (secondary N) is 2. The SMILES string of the molecule is CCN1CCc2nc(C(=O)N=CC3CCC[C@H]3NC(=O)C3=CC4C=C(Cl)C=CC4(C)N3)sc2C1. The molecule has 4 atom stereocenters. The predicted molar refractivity (Wildman–Crippen MR) is 135 cm³/mol. The summed E-state index contributed by atoms with van der Waals surface area (Å²) in [5.74, 6) is -0.338. The Hall–Kier alpha value is -2.29. The molecule has 2 N–H and O–H groups in total. The second-order valence-corrected chi connectivity index (χ2v) is 11.2. The van der Waals surface area contributed by atoms with Crippen molar-refractivity contribution in [1.82, 2.24) is 20.5 Å². The van der Waals surface area contributed by atoms with Crippen LogP contribution in [0.15, 0.2) is 40.0 Å². The van der Waals surface area contributed by atoms with E-state index in [4.69, 9.17) is 11.6 Å². The van der Waals surface area contributed by atoms with Crippen LogP contribution in [0.2, 0.25) is 0 Å². The highest BCUT2D eigenvalue weighted by Crippen LogP contribution is 2.35. The minimum Gasteiger partial charge on any atom is -0.371 e. The van der Waals surface area contributed by atoms with Gasteiger partial charge in [-0.05, 0) is 38.5 Å². The lowest BCUT2D eigenvalue weighted by Crippen LogP contribution is -2.46. The van der Waals surface area contributed by atoms with Crippen LogP contribution in [0, 0.1) is 11.8 Å². The Morgan fingerprint density at radius 1 is 1.41 bits per heavy atom. The van der Waals surface area contributed by atoms with E-state index in [2.05, 4.69) is 39.4 Å². The Bertz CT molecular complexity index is 1120. The molecule has 0 bridgehead atoms. The first-order valence-corrected chi connectivity index (χ1v) is 13.2. The highest BCUT2D eigenvalue weighted by Gasteiger charge is 2.39. The number of halogens is 1. The van der Waals surface area contributed by atoms with Crippen LogP contribution in [0.4, 0.5) is 0 Å². The zero-order chi connectivity index (χ0) is 23.9. The number of nitrogens with zero attached hydrogens (tertiary/aromatic N) is 3. The van der Waals surface area contributed by atoms with E-state index in [9.17, 15) is 9.59 Å². The molecular weight excluding hydrogens is 470 g/mol. The molecule has 0 spiro atoms. The number of hydrogen-bond donors (Lipinski definition) is 2. The Morgan fingerprint density at radius 2 is 2.26 bits per heavy atom. The van der Waals surface area contributed by atoms with Crippen LogP contribution in [-0.4, -0.2) is 52.6 Å². The van der Waals surface area contributed by atoms with Crippen molar-refractivity contribution in [3.8, 4) is 0 Å². The van der Waals surface area contributed by atoms with Crippen LogP contribution in [0.25, 0.3) is 0 Å². The Morgan fingerprint density at radius 3 is 3.09 bits per heavy atom. The summed E-state index contributed by atoms with van der Waals surface area (Å²) < 4.78 is 0. The molecule has 34 heavy (non-hydrogen) atoms. The van der Waals surface area contributed by atoms with E-state index in [1.165, 1.54) is 16.2 Å². The van der Waals surface area contributed by atoms with Gasteiger partial charge in [0.15, 0.2) is 5.01 Å². The third kappa shape index (κ3) is 4.63. The lowest BCUT2D eigenvalue weighted by molar-refractivity contribution is -0.118. The number of amides is 2. The summed E-state index contributed by atoms with van der Waals surface area (Å²) in [7, 11) is 0. The number of rotatable bonds is 5. The minimum atomic E-state index is -0.338. The summed E-state index contributed by atoms with van der Waals surface area (Å²) in [5, 5.41) is 7.65. The summed E-state index contributed by atoms with van der Waals surface area (Å²) in [6.45, 7) is 7.05. The predicted octanol–water partition coefficient (Wildman–Crippen LogP) is 3.57. The van der Waals surface area contributed by atoms with E-state index in [1.807, 2.05) is 24.3 Å². The van der Waals surface area contributed by atoms with Gasteiger partial charge in [0.1, 0.15) is 0 Å². The second-order valence-electron chi connectivity index (χ2n) is 9.66. The van der Waals surface area contributed by atoms with Crippen molar-refractivity contribution in [2.24, 2.45) is 16.8 Å². The molecule has 1 saturated carbocycles. The maximum atomic E-state index is 13.0. The topological polar surface area (TPSA) is 86.7 Å². The van der Waals surface area contributed by atoms with Crippen molar-refractivity contribution in [2.75, 3.05) is 13.1 Å². The van der Waals surface area contributed by atoms with Crippen LogP contribution in [0.1, 0.15) is 53.5 Å². The van der Waals surface area contributed by atoms with Gasteiger partial charge in [-0.25, -0.2) is 9.98 Å². The first-order chi connectivity index (χ1) is 16.3. The summed E-state index contributed by atoms with van der Waals surface area (Å²) >= 11 is 7.61. The van der Waals surface area contributed by atoms with Gasteiger partial charge < -0.3 is 10.6 Å². The molecule has 3 unspecified atom stereocenters. The number of carbonyl (C=O) groups excluding carboxylic acids is 2. The van der Waals surface area contributed by atoms with Crippen LogP contribution < -0.4 is 10.6 Å². The Kier molecular flexibility index (Phi) is 6.48. The zero-order valence-corrected chi connectivity index (χ0v) is 21.1. The molecule has 1 fully saturated rings. The largest absolute Gasteiger partial charge is 0.371 e. The number of aliphatic imine (C=N–C) groups is 1. The maximum absolute atomic E-state index is 13.0. The molecule has 0 saturated heterocycles. The standard InChI is InChI=1S/C25H30ClN5O2S/c1-3-31-10-8-19-21(14-31)34-24(29-19)23(33)27-13-15-5-4-6-18(15)28-22(32)20-12-16-11-17(26)7-9-25(16,2)30-20/h7,9,11-13,15-16,18,30H,3-6,8,10,14H2,1-2H3,(H,28,32)/t15?,16?,18-,25?/m1/s1. The van der Waals surface area contributed by atoms with E-state index in [0.29, 0.717) is 15.7 Å². The number of allylic oxidation sites excluding steroid dienone is 2. The summed E-state index contributed by atoms with van der Waals surface area (Å²) in [6.07, 6.45) is 13.1. The quantitative estimate of drug-likeness (QED) is 0.605. The fraction of sp³-hybridized carbons (Fsp3) is 0.520. The van der Waals surface area contributed by atoms with Gasteiger partial charge in [0.25, 0.3) is 5.91 Å². The van der Waals surface area contributed by atoms with Gasteiger partial charge in [-0.15, -0.1) is 11.3 Å². The second kappa shape index (κ2) is 9.40. The van der Waals surface area contributed by atoms with E-state index in [1.54, 1.807) is 6.21 Å². The Balaban J connectivity index is 1.21. The highest BCUT2D eigenvalue weighted by molar-refractivity contribution is 7.13. The molecule has 2 aliphatic carbocycles. The van der Waals surface area contributed by atoms with Gasteiger partial charge in [-0.2, -0.15) is 0 Å². The molecule has 1 aromatic heterocycles. The van der Waals surface area contributed by atoms with Gasteiger partial charge in [-0.3, -0.25) is 14.5 Å². The van der Waals surface area contributed by atoms with Crippen molar-refractivity contribution in [1.29, 1.82) is 0 Å². The van der Waals surface area contributed by atoms with Crippen molar-refractivity contribution in [3.63, 3.8) is 0 Å². The summed E-state index contributed by atoms with van der Waals surface area (Å²) in [6, 6.07) is -0.0422. The highest BCUT2D eigenvalue weighted by atomic mass is 35.5. The van der Waals surface area contributed by atoms with Crippen molar-refractivity contribution >= 4 is 41.0 Å². The van der Waals surface area contributed by atoms with Crippen LogP contribution in [-0.2, 0) is 17.8 Å². The average Bonchev–Trinajstić information content (AvgIpc) is 3.53. The molecule has 1 aromatic rings. The van der Waals surface area contributed by atoms with Crippen molar-refractivity contribution in [2.45, 2.75) is 57.7 Å². The van der Waals surface area contributed by atoms with Crippen LogP contribution >= 0.6 is 22.9 Å². The molecule has 2 amide bonds. The lowest BCUT2D eigenvalue weighted by Gasteiger charge is -2.30.